The van der Waals surface area contributed by atoms with Crippen molar-refractivity contribution >= 4 is 5.96 Å². The number of hydrogen-bond acceptors (Lipinski definition) is 4. The lowest BCUT2D eigenvalue weighted by Gasteiger charge is -2.19. The molecule has 2 atom stereocenters. The highest BCUT2D eigenvalue weighted by Gasteiger charge is 2.19. The molecule has 2 unspecified atom stereocenters. The highest BCUT2D eigenvalue weighted by molar-refractivity contribution is 5.79. The minimum Gasteiger partial charge on any atom is -0.488 e. The van der Waals surface area contributed by atoms with Gasteiger partial charge in [-0.2, -0.15) is 0 Å². The molecule has 0 bridgehead atoms. The summed E-state index contributed by atoms with van der Waals surface area (Å²) in [7, 11) is 1.64. The van der Waals surface area contributed by atoms with Crippen molar-refractivity contribution in [3.8, 4) is 5.75 Å². The molecule has 0 aromatic heterocycles. The van der Waals surface area contributed by atoms with E-state index in [1.807, 2.05) is 6.92 Å². The zero-order chi connectivity index (χ0) is 22.1. The number of rotatable bonds is 9. The van der Waals surface area contributed by atoms with Crippen LogP contribution < -0.4 is 15.4 Å². The average Bonchev–Trinajstić information content (AvgIpc) is 3.27. The van der Waals surface area contributed by atoms with Gasteiger partial charge in [0.2, 0.25) is 0 Å². The van der Waals surface area contributed by atoms with E-state index in [0.717, 1.165) is 42.0 Å². The maximum Gasteiger partial charge on any atom is 0.191 e. The number of nitrogens with one attached hydrogen (secondary N) is 2. The fraction of sp³-hybridized carbons (Fsp3) is 0.458. The molecule has 0 saturated carbocycles. The van der Waals surface area contributed by atoms with Crippen molar-refractivity contribution in [1.82, 2.24) is 10.6 Å². The molecule has 7 heteroatoms. The van der Waals surface area contributed by atoms with E-state index in [4.69, 9.17) is 19.2 Å². The smallest absolute Gasteiger partial charge is 0.191 e. The number of benzene rings is 2. The number of hydrogen-bond donors (Lipinski definition) is 2. The van der Waals surface area contributed by atoms with Crippen LogP contribution in [-0.2, 0) is 16.0 Å². The molecule has 0 aliphatic carbocycles. The molecular formula is C24H32FN3O3. The Morgan fingerprint density at radius 3 is 2.71 bits per heavy atom. The van der Waals surface area contributed by atoms with Crippen LogP contribution in [0.1, 0.15) is 36.1 Å². The fourth-order valence-electron chi connectivity index (χ4n) is 3.40. The van der Waals surface area contributed by atoms with Crippen molar-refractivity contribution in [2.24, 2.45) is 4.99 Å². The van der Waals surface area contributed by atoms with Gasteiger partial charge in [0.15, 0.2) is 5.96 Å². The molecule has 31 heavy (non-hydrogen) atoms. The summed E-state index contributed by atoms with van der Waals surface area (Å²) in [5, 5.41) is 6.58. The molecule has 0 spiro atoms. The van der Waals surface area contributed by atoms with E-state index in [1.165, 1.54) is 12.1 Å². The van der Waals surface area contributed by atoms with Crippen LogP contribution in [0.5, 0.6) is 5.75 Å². The quantitative estimate of drug-likeness (QED) is 0.470. The summed E-state index contributed by atoms with van der Waals surface area (Å²) in [6.45, 7) is 7.16. The Hall–Kier alpha value is -2.64. The highest BCUT2D eigenvalue weighted by atomic mass is 19.1. The first-order valence-electron chi connectivity index (χ1n) is 10.7. The van der Waals surface area contributed by atoms with E-state index < -0.39 is 0 Å². The summed E-state index contributed by atoms with van der Waals surface area (Å²) in [5.74, 6) is 1.28. The second-order valence-electron chi connectivity index (χ2n) is 7.57. The topological polar surface area (TPSA) is 64.1 Å². The van der Waals surface area contributed by atoms with Crippen molar-refractivity contribution in [1.29, 1.82) is 0 Å². The van der Waals surface area contributed by atoms with Gasteiger partial charge in [0.1, 0.15) is 17.7 Å². The Labute approximate surface area is 183 Å². The zero-order valence-corrected chi connectivity index (χ0v) is 18.5. The van der Waals surface area contributed by atoms with Gasteiger partial charge in [0, 0.05) is 32.2 Å². The first-order valence-corrected chi connectivity index (χ1v) is 10.7. The third kappa shape index (κ3) is 6.94. The minimum atomic E-state index is -0.262. The average molecular weight is 430 g/mol. The van der Waals surface area contributed by atoms with Crippen molar-refractivity contribution in [3.05, 3.63) is 65.0 Å². The molecule has 2 N–H and O–H groups in total. The van der Waals surface area contributed by atoms with E-state index in [1.54, 1.807) is 19.2 Å². The Kier molecular flexibility index (Phi) is 8.67. The van der Waals surface area contributed by atoms with E-state index in [9.17, 15) is 4.39 Å². The summed E-state index contributed by atoms with van der Waals surface area (Å²) in [6, 6.07) is 12.5. The van der Waals surface area contributed by atoms with Crippen LogP contribution in [0.3, 0.4) is 0 Å². The van der Waals surface area contributed by atoms with E-state index in [2.05, 4.69) is 35.8 Å². The van der Waals surface area contributed by atoms with Crippen LogP contribution in [0.2, 0.25) is 0 Å². The second-order valence-corrected chi connectivity index (χ2v) is 7.57. The molecule has 1 aliphatic heterocycles. The first kappa shape index (κ1) is 23.0. The number of ether oxygens (including phenoxy) is 3. The monoisotopic (exact) mass is 429 g/mol. The molecule has 2 aromatic carbocycles. The van der Waals surface area contributed by atoms with Gasteiger partial charge in [-0.3, -0.25) is 0 Å². The van der Waals surface area contributed by atoms with Gasteiger partial charge in [0.25, 0.3) is 0 Å². The van der Waals surface area contributed by atoms with Gasteiger partial charge >= 0.3 is 0 Å². The van der Waals surface area contributed by atoms with Gasteiger partial charge < -0.3 is 24.8 Å². The lowest BCUT2D eigenvalue weighted by molar-refractivity contribution is 0.106. The van der Waals surface area contributed by atoms with Gasteiger partial charge in [-0.25, -0.2) is 9.38 Å². The Morgan fingerprint density at radius 2 is 2.03 bits per heavy atom. The molecule has 6 nitrogen and oxygen atoms in total. The highest BCUT2D eigenvalue weighted by Crippen LogP contribution is 2.24. The Balaban J connectivity index is 1.66. The van der Waals surface area contributed by atoms with Crippen molar-refractivity contribution in [2.45, 2.75) is 39.0 Å². The standard InChI is InChI=1S/C24H32FN3O3/c1-4-26-24(28-15-23(29-3)18-7-9-20(25)10-8-18)27-14-19-6-5-17(2)13-22(19)31-21-11-12-30-16-21/h5-10,13,21,23H,4,11-12,14-16H2,1-3H3,(H2,26,27,28). The maximum absolute atomic E-state index is 13.2. The second kappa shape index (κ2) is 11.7. The zero-order valence-electron chi connectivity index (χ0n) is 18.5. The predicted octanol–water partition coefficient (Wildman–Crippen LogP) is 3.74. The Morgan fingerprint density at radius 1 is 1.23 bits per heavy atom. The summed E-state index contributed by atoms with van der Waals surface area (Å²) in [6.07, 6.45) is 0.780. The number of aryl methyl sites for hydroxylation is 1. The van der Waals surface area contributed by atoms with Crippen LogP contribution >= 0.6 is 0 Å². The number of nitrogens with zero attached hydrogens (tertiary/aromatic N) is 1. The van der Waals surface area contributed by atoms with E-state index >= 15 is 0 Å². The van der Waals surface area contributed by atoms with Crippen LogP contribution in [-0.4, -0.2) is 45.5 Å². The first-order chi connectivity index (χ1) is 15.1. The summed E-state index contributed by atoms with van der Waals surface area (Å²) >= 11 is 0. The van der Waals surface area contributed by atoms with Gasteiger partial charge in [0.05, 0.1) is 25.9 Å². The normalized spacial score (nSPS) is 17.4. The predicted molar refractivity (Wildman–Crippen MR) is 120 cm³/mol. The molecule has 1 aliphatic rings. The Bertz CT molecular complexity index is 852. The fourth-order valence-corrected chi connectivity index (χ4v) is 3.40. The van der Waals surface area contributed by atoms with Crippen molar-refractivity contribution in [2.75, 3.05) is 33.4 Å². The minimum absolute atomic E-state index is 0.0917. The van der Waals surface area contributed by atoms with Gasteiger partial charge in [-0.1, -0.05) is 24.3 Å². The van der Waals surface area contributed by atoms with Crippen LogP contribution in [0.15, 0.2) is 47.5 Å². The third-order valence-electron chi connectivity index (χ3n) is 5.14. The summed E-state index contributed by atoms with van der Waals surface area (Å²) in [4.78, 5) is 4.73. The van der Waals surface area contributed by atoms with Crippen LogP contribution in [0.25, 0.3) is 0 Å². The molecule has 3 rings (SSSR count). The third-order valence-corrected chi connectivity index (χ3v) is 5.14. The largest absolute Gasteiger partial charge is 0.488 e. The number of guanidine groups is 1. The van der Waals surface area contributed by atoms with E-state index in [-0.39, 0.29) is 18.0 Å². The molecular weight excluding hydrogens is 397 g/mol. The lowest BCUT2D eigenvalue weighted by atomic mass is 10.1. The van der Waals surface area contributed by atoms with E-state index in [0.29, 0.717) is 25.7 Å². The molecule has 1 fully saturated rings. The summed E-state index contributed by atoms with van der Waals surface area (Å²) in [5.41, 5.74) is 3.07. The van der Waals surface area contributed by atoms with Gasteiger partial charge in [-0.15, -0.1) is 0 Å². The van der Waals surface area contributed by atoms with Crippen LogP contribution in [0.4, 0.5) is 4.39 Å². The molecule has 2 aromatic rings. The SMILES string of the molecule is CCNC(=NCc1ccc(C)cc1OC1CCOC1)NCC(OC)c1ccc(F)cc1. The number of aliphatic imine (C=N–C) groups is 1. The molecule has 1 heterocycles. The van der Waals surface area contributed by atoms with Crippen LogP contribution in [0, 0.1) is 12.7 Å². The summed E-state index contributed by atoms with van der Waals surface area (Å²) < 4.78 is 30.4. The number of methoxy groups -OCH3 is 1. The van der Waals surface area contributed by atoms with Crippen molar-refractivity contribution in [3.63, 3.8) is 0 Å². The molecule has 0 radical (unpaired) electrons. The number of halogens is 1. The molecule has 0 amide bonds. The van der Waals surface area contributed by atoms with Gasteiger partial charge in [-0.05, 0) is 43.2 Å². The maximum atomic E-state index is 13.2. The molecule has 1 saturated heterocycles. The molecule has 168 valence electrons. The lowest BCUT2D eigenvalue weighted by Crippen LogP contribution is -2.39. The van der Waals surface area contributed by atoms with Crippen molar-refractivity contribution < 1.29 is 18.6 Å².